The summed E-state index contributed by atoms with van der Waals surface area (Å²) in [5, 5.41) is 2.59. The second-order valence-electron chi connectivity index (χ2n) is 6.32. The van der Waals surface area contributed by atoms with E-state index in [1.165, 1.54) is 40.7 Å². The molecule has 0 radical (unpaired) electrons. The van der Waals surface area contributed by atoms with Crippen LogP contribution in [-0.2, 0) is 10.0 Å². The quantitative estimate of drug-likeness (QED) is 0.694. The maximum absolute atomic E-state index is 12.8. The number of halogens is 2. The van der Waals surface area contributed by atoms with Gasteiger partial charge in [0.15, 0.2) is 0 Å². The van der Waals surface area contributed by atoms with Crippen LogP contribution in [0.2, 0.25) is 0 Å². The molecule has 0 aliphatic carbocycles. The fraction of sp³-hybridized carbons (Fsp3) is 0.316. The van der Waals surface area contributed by atoms with E-state index in [0.717, 1.165) is 19.3 Å². The van der Waals surface area contributed by atoms with Crippen molar-refractivity contribution in [2.24, 2.45) is 0 Å². The van der Waals surface area contributed by atoms with Gasteiger partial charge in [-0.3, -0.25) is 4.79 Å². The van der Waals surface area contributed by atoms with Crippen LogP contribution < -0.4 is 5.32 Å². The molecule has 0 aromatic heterocycles. The number of hydrogen-bond acceptors (Lipinski definition) is 4. The number of benzene rings is 2. The Balaban J connectivity index is 1.82. The average Bonchev–Trinajstić information content (AvgIpc) is 2.70. The number of alkyl halides is 2. The highest BCUT2D eigenvalue weighted by Gasteiger charge is 2.26. The largest absolute Gasteiger partial charge is 0.321 e. The van der Waals surface area contributed by atoms with Gasteiger partial charge in [0.05, 0.1) is 10.6 Å². The molecule has 0 atom stereocenters. The minimum absolute atomic E-state index is 0.0530. The fourth-order valence-corrected chi connectivity index (χ4v) is 5.17. The Morgan fingerprint density at radius 1 is 1.04 bits per heavy atom. The molecule has 0 unspecified atom stereocenters. The SMILES string of the molecule is O=C(Nc1ccccc1SC(F)F)c1cccc(S(=O)(=O)N2CCCCC2)c1. The molecule has 9 heteroatoms. The van der Waals surface area contributed by atoms with Crippen LogP contribution in [-0.4, -0.2) is 37.5 Å². The van der Waals surface area contributed by atoms with E-state index in [4.69, 9.17) is 0 Å². The first kappa shape index (κ1) is 20.8. The van der Waals surface area contributed by atoms with Gasteiger partial charge in [0, 0.05) is 23.5 Å². The van der Waals surface area contributed by atoms with Crippen molar-refractivity contribution in [3.05, 3.63) is 54.1 Å². The van der Waals surface area contributed by atoms with E-state index in [9.17, 15) is 22.0 Å². The van der Waals surface area contributed by atoms with Crippen LogP contribution in [0.3, 0.4) is 0 Å². The lowest BCUT2D eigenvalue weighted by molar-refractivity contribution is 0.102. The van der Waals surface area contributed by atoms with Crippen LogP contribution in [0.15, 0.2) is 58.3 Å². The molecule has 1 heterocycles. The number of anilines is 1. The normalized spacial score (nSPS) is 15.5. The zero-order valence-corrected chi connectivity index (χ0v) is 16.6. The second kappa shape index (κ2) is 9.02. The lowest BCUT2D eigenvalue weighted by Crippen LogP contribution is -2.35. The second-order valence-corrected chi connectivity index (χ2v) is 9.29. The number of rotatable bonds is 6. The van der Waals surface area contributed by atoms with Crippen molar-refractivity contribution in [3.63, 3.8) is 0 Å². The minimum atomic E-state index is -3.66. The van der Waals surface area contributed by atoms with Gasteiger partial charge >= 0.3 is 0 Å². The Kier molecular flexibility index (Phi) is 6.69. The molecular formula is C19H20F2N2O3S2. The first-order valence-electron chi connectivity index (χ1n) is 8.83. The monoisotopic (exact) mass is 426 g/mol. The summed E-state index contributed by atoms with van der Waals surface area (Å²) in [6.07, 6.45) is 2.64. The maximum atomic E-state index is 12.8. The highest BCUT2D eigenvalue weighted by atomic mass is 32.2. The van der Waals surface area contributed by atoms with Crippen molar-refractivity contribution in [2.75, 3.05) is 18.4 Å². The zero-order chi connectivity index (χ0) is 20.1. The van der Waals surface area contributed by atoms with Crippen molar-refractivity contribution < 1.29 is 22.0 Å². The van der Waals surface area contributed by atoms with Gasteiger partial charge in [-0.25, -0.2) is 8.42 Å². The molecular weight excluding hydrogens is 406 g/mol. The summed E-state index contributed by atoms with van der Waals surface area (Å²) in [4.78, 5) is 12.9. The average molecular weight is 427 g/mol. The minimum Gasteiger partial charge on any atom is -0.321 e. The van der Waals surface area contributed by atoms with E-state index in [1.807, 2.05) is 0 Å². The number of amides is 1. The number of piperidine rings is 1. The molecule has 150 valence electrons. The van der Waals surface area contributed by atoms with Crippen molar-refractivity contribution >= 4 is 33.4 Å². The smallest absolute Gasteiger partial charge is 0.288 e. The number of sulfonamides is 1. The summed E-state index contributed by atoms with van der Waals surface area (Å²) in [6.45, 7) is 0.938. The number of hydrogen-bond donors (Lipinski definition) is 1. The van der Waals surface area contributed by atoms with E-state index < -0.39 is 21.7 Å². The molecule has 2 aromatic carbocycles. The lowest BCUT2D eigenvalue weighted by atomic mass is 10.2. The number of carbonyl (C=O) groups excluding carboxylic acids is 1. The summed E-state index contributed by atoms with van der Waals surface area (Å²) in [7, 11) is -3.66. The summed E-state index contributed by atoms with van der Waals surface area (Å²) in [6, 6.07) is 12.0. The molecule has 1 aliphatic heterocycles. The Morgan fingerprint density at radius 2 is 1.75 bits per heavy atom. The van der Waals surface area contributed by atoms with Crippen LogP contribution in [0.4, 0.5) is 14.5 Å². The molecule has 0 bridgehead atoms. The molecule has 2 aromatic rings. The summed E-state index contributed by atoms with van der Waals surface area (Å²) in [5.41, 5.74) is 0.400. The number of nitrogens with zero attached hydrogens (tertiary/aromatic N) is 1. The summed E-state index contributed by atoms with van der Waals surface area (Å²) < 4.78 is 52.4. The van der Waals surface area contributed by atoms with Gasteiger partial charge in [0.1, 0.15) is 0 Å². The summed E-state index contributed by atoms with van der Waals surface area (Å²) >= 11 is 0.338. The Morgan fingerprint density at radius 3 is 2.46 bits per heavy atom. The molecule has 28 heavy (non-hydrogen) atoms. The van der Waals surface area contributed by atoms with E-state index in [2.05, 4.69) is 5.32 Å². The number of thioether (sulfide) groups is 1. The summed E-state index contributed by atoms with van der Waals surface area (Å²) in [5.74, 6) is -3.17. The molecule has 3 rings (SSSR count). The van der Waals surface area contributed by atoms with E-state index in [1.54, 1.807) is 12.1 Å². The molecule has 0 saturated carbocycles. The van der Waals surface area contributed by atoms with Crippen LogP contribution in [0.1, 0.15) is 29.6 Å². The fourth-order valence-electron chi connectivity index (χ4n) is 3.02. The van der Waals surface area contributed by atoms with Crippen molar-refractivity contribution in [2.45, 2.75) is 34.8 Å². The maximum Gasteiger partial charge on any atom is 0.288 e. The van der Waals surface area contributed by atoms with Gasteiger partial charge in [0.2, 0.25) is 10.0 Å². The van der Waals surface area contributed by atoms with Crippen molar-refractivity contribution in [1.82, 2.24) is 4.31 Å². The van der Waals surface area contributed by atoms with Crippen molar-refractivity contribution in [1.29, 1.82) is 0 Å². The van der Waals surface area contributed by atoms with Gasteiger partial charge in [0.25, 0.3) is 11.7 Å². The van der Waals surface area contributed by atoms with E-state index in [-0.39, 0.29) is 21.0 Å². The Labute approximate surface area is 167 Å². The third-order valence-electron chi connectivity index (χ3n) is 4.40. The molecule has 5 nitrogen and oxygen atoms in total. The highest BCUT2D eigenvalue weighted by molar-refractivity contribution is 7.99. The Hall–Kier alpha value is -1.97. The third-order valence-corrected chi connectivity index (χ3v) is 7.08. The van der Waals surface area contributed by atoms with E-state index in [0.29, 0.717) is 24.9 Å². The number of nitrogens with one attached hydrogen (secondary N) is 1. The standard InChI is InChI=1S/C19H20F2N2O3S2/c20-19(21)27-17-10-3-2-9-16(17)22-18(24)14-7-6-8-15(13-14)28(25,26)23-11-4-1-5-12-23/h2-3,6-10,13,19H,1,4-5,11-12H2,(H,22,24). The molecule has 1 aliphatic rings. The molecule has 1 fully saturated rings. The highest BCUT2D eigenvalue weighted by Crippen LogP contribution is 2.32. The lowest BCUT2D eigenvalue weighted by Gasteiger charge is -2.26. The molecule has 0 spiro atoms. The van der Waals surface area contributed by atoms with Crippen LogP contribution in [0.5, 0.6) is 0 Å². The predicted molar refractivity (Wildman–Crippen MR) is 105 cm³/mol. The predicted octanol–water partition coefficient (Wildman–Crippen LogP) is 4.43. The molecule has 1 amide bonds. The van der Waals surface area contributed by atoms with Gasteiger partial charge in [-0.1, -0.05) is 36.4 Å². The van der Waals surface area contributed by atoms with E-state index >= 15 is 0 Å². The van der Waals surface area contributed by atoms with Crippen LogP contribution in [0, 0.1) is 0 Å². The van der Waals surface area contributed by atoms with Gasteiger partial charge in [-0.05, 0) is 43.2 Å². The molecule has 1 N–H and O–H groups in total. The number of carbonyl (C=O) groups is 1. The van der Waals surface area contributed by atoms with Crippen LogP contribution in [0.25, 0.3) is 0 Å². The van der Waals surface area contributed by atoms with Crippen LogP contribution >= 0.6 is 11.8 Å². The first-order valence-corrected chi connectivity index (χ1v) is 11.2. The third kappa shape index (κ3) is 4.89. The van der Waals surface area contributed by atoms with Gasteiger partial charge in [-0.15, -0.1) is 0 Å². The van der Waals surface area contributed by atoms with Gasteiger partial charge < -0.3 is 5.32 Å². The number of para-hydroxylation sites is 1. The van der Waals surface area contributed by atoms with Crippen molar-refractivity contribution in [3.8, 4) is 0 Å². The topological polar surface area (TPSA) is 66.5 Å². The first-order chi connectivity index (χ1) is 13.4. The molecule has 1 saturated heterocycles. The van der Waals surface area contributed by atoms with Gasteiger partial charge in [-0.2, -0.15) is 13.1 Å². The Bertz CT molecular complexity index is 946. The zero-order valence-electron chi connectivity index (χ0n) is 15.0.